The number of amides is 1. The number of likely N-dealkylation sites (tertiary alicyclic amines) is 1. The van der Waals surface area contributed by atoms with Crippen molar-refractivity contribution in [2.24, 2.45) is 5.73 Å². The highest BCUT2D eigenvalue weighted by Gasteiger charge is 2.17. The minimum Gasteiger partial charge on any atom is -0.393 e. The molecule has 0 bridgehead atoms. The van der Waals surface area contributed by atoms with Gasteiger partial charge in [-0.05, 0) is 36.5 Å². The molecule has 2 aromatic rings. The van der Waals surface area contributed by atoms with E-state index < -0.39 is 6.04 Å². The highest BCUT2D eigenvalue weighted by Crippen LogP contribution is 2.15. The fourth-order valence-corrected chi connectivity index (χ4v) is 3.32. The molecular weight excluding hydrogens is 338 g/mol. The summed E-state index contributed by atoms with van der Waals surface area (Å²) in [4.78, 5) is 14.7. The smallest absolute Gasteiger partial charge is 0.241 e. The van der Waals surface area contributed by atoms with Crippen LogP contribution in [0.25, 0.3) is 0 Å². The van der Waals surface area contributed by atoms with Crippen molar-refractivity contribution >= 4 is 5.91 Å². The highest BCUT2D eigenvalue weighted by atomic mass is 16.3. The zero-order chi connectivity index (χ0) is 19.2. The molecule has 1 amide bonds. The molecule has 0 spiro atoms. The predicted molar refractivity (Wildman–Crippen MR) is 107 cm³/mol. The summed E-state index contributed by atoms with van der Waals surface area (Å²) in [6.07, 6.45) is 1.56. The number of aliphatic hydroxyl groups excluding tert-OH is 1. The molecule has 1 fully saturated rings. The van der Waals surface area contributed by atoms with Crippen LogP contribution in [0, 0.1) is 6.92 Å². The summed E-state index contributed by atoms with van der Waals surface area (Å²) < 4.78 is 0. The molecule has 2 aromatic carbocycles. The van der Waals surface area contributed by atoms with Crippen molar-refractivity contribution in [1.82, 2.24) is 10.2 Å². The first kappa shape index (κ1) is 19.5. The first-order valence-electron chi connectivity index (χ1n) is 9.59. The number of nitrogens with zero attached hydrogens (tertiary/aromatic N) is 1. The molecule has 4 N–H and O–H groups in total. The number of nitrogens with one attached hydrogen (secondary N) is 1. The molecular formula is C22H29N3O2. The number of hydrogen-bond acceptors (Lipinski definition) is 4. The first-order valence-corrected chi connectivity index (χ1v) is 9.59. The number of aryl methyl sites for hydroxylation is 1. The van der Waals surface area contributed by atoms with E-state index in [2.05, 4.69) is 22.3 Å². The van der Waals surface area contributed by atoms with Gasteiger partial charge < -0.3 is 16.2 Å². The van der Waals surface area contributed by atoms with E-state index in [0.717, 1.165) is 49.2 Å². The normalized spacial score (nSPS) is 16.9. The monoisotopic (exact) mass is 367 g/mol. The molecule has 1 aliphatic rings. The number of carbonyl (C=O) groups is 1. The van der Waals surface area contributed by atoms with Crippen LogP contribution in [-0.2, 0) is 17.9 Å². The number of hydrogen-bond donors (Lipinski definition) is 3. The number of piperidine rings is 1. The Labute approximate surface area is 161 Å². The lowest BCUT2D eigenvalue weighted by molar-refractivity contribution is -0.122. The van der Waals surface area contributed by atoms with Crippen LogP contribution in [0.3, 0.4) is 0 Å². The Bertz CT molecular complexity index is 735. The van der Waals surface area contributed by atoms with Gasteiger partial charge in [0.25, 0.3) is 0 Å². The van der Waals surface area contributed by atoms with E-state index in [4.69, 9.17) is 5.73 Å². The first-order chi connectivity index (χ1) is 13.0. The van der Waals surface area contributed by atoms with Gasteiger partial charge in [-0.3, -0.25) is 9.69 Å². The lowest BCUT2D eigenvalue weighted by Crippen LogP contribution is -2.35. The molecule has 1 aliphatic heterocycles. The number of carbonyl (C=O) groups excluding carboxylic acids is 1. The molecule has 1 atom stereocenters. The van der Waals surface area contributed by atoms with Gasteiger partial charge in [0.2, 0.25) is 5.91 Å². The van der Waals surface area contributed by atoms with Crippen molar-refractivity contribution in [2.75, 3.05) is 13.1 Å². The van der Waals surface area contributed by atoms with E-state index in [0.29, 0.717) is 6.54 Å². The molecule has 5 heteroatoms. The Balaban J connectivity index is 1.48. The van der Waals surface area contributed by atoms with Crippen molar-refractivity contribution in [3.05, 3.63) is 70.8 Å². The zero-order valence-corrected chi connectivity index (χ0v) is 15.9. The lowest BCUT2D eigenvalue weighted by Gasteiger charge is -2.29. The summed E-state index contributed by atoms with van der Waals surface area (Å²) in [6, 6.07) is 15.4. The SMILES string of the molecule is Cc1ccc(C(N)C(=O)NCc2ccc(CN3CCC(O)CC3)cc2)cc1. The van der Waals surface area contributed by atoms with Crippen molar-refractivity contribution < 1.29 is 9.90 Å². The largest absolute Gasteiger partial charge is 0.393 e. The average Bonchev–Trinajstić information content (AvgIpc) is 2.69. The predicted octanol–water partition coefficient (Wildman–Crippen LogP) is 2.27. The lowest BCUT2D eigenvalue weighted by atomic mass is 10.0. The summed E-state index contributed by atoms with van der Waals surface area (Å²) >= 11 is 0. The topological polar surface area (TPSA) is 78.6 Å². The molecule has 0 aliphatic carbocycles. The van der Waals surface area contributed by atoms with E-state index in [-0.39, 0.29) is 12.0 Å². The van der Waals surface area contributed by atoms with Crippen molar-refractivity contribution in [3.8, 4) is 0 Å². The summed E-state index contributed by atoms with van der Waals surface area (Å²) in [5.41, 5.74) is 10.3. The summed E-state index contributed by atoms with van der Waals surface area (Å²) in [7, 11) is 0. The van der Waals surface area contributed by atoms with Crippen LogP contribution in [0.15, 0.2) is 48.5 Å². The molecule has 27 heavy (non-hydrogen) atoms. The van der Waals surface area contributed by atoms with E-state index in [1.165, 1.54) is 5.56 Å². The second kappa shape index (κ2) is 9.13. The fourth-order valence-electron chi connectivity index (χ4n) is 3.32. The fraction of sp³-hybridized carbons (Fsp3) is 0.409. The molecule has 1 unspecified atom stereocenters. The molecule has 0 radical (unpaired) electrons. The number of rotatable bonds is 6. The molecule has 1 saturated heterocycles. The summed E-state index contributed by atoms with van der Waals surface area (Å²) in [6.45, 7) is 5.26. The van der Waals surface area contributed by atoms with Crippen molar-refractivity contribution in [2.45, 2.75) is 45.0 Å². The quantitative estimate of drug-likeness (QED) is 0.732. The number of nitrogens with two attached hydrogens (primary N) is 1. The maximum Gasteiger partial charge on any atom is 0.241 e. The second-order valence-corrected chi connectivity index (χ2v) is 7.43. The Kier molecular flexibility index (Phi) is 6.61. The molecule has 3 rings (SSSR count). The maximum absolute atomic E-state index is 12.3. The molecule has 0 saturated carbocycles. The third-order valence-electron chi connectivity index (χ3n) is 5.17. The van der Waals surface area contributed by atoms with Gasteiger partial charge in [-0.25, -0.2) is 0 Å². The van der Waals surface area contributed by atoms with Gasteiger partial charge >= 0.3 is 0 Å². The van der Waals surface area contributed by atoms with E-state index in [1.807, 2.05) is 43.3 Å². The van der Waals surface area contributed by atoms with Crippen LogP contribution in [0.4, 0.5) is 0 Å². The molecule has 5 nitrogen and oxygen atoms in total. The maximum atomic E-state index is 12.3. The standard InChI is InChI=1S/C22H29N3O2/c1-16-2-8-19(9-3-16)21(23)22(27)24-14-17-4-6-18(7-5-17)15-25-12-10-20(26)11-13-25/h2-9,20-21,26H,10-15,23H2,1H3,(H,24,27). The van der Waals surface area contributed by atoms with Crippen LogP contribution in [0.5, 0.6) is 0 Å². The molecule has 0 aromatic heterocycles. The average molecular weight is 367 g/mol. The summed E-state index contributed by atoms with van der Waals surface area (Å²) in [5, 5.41) is 12.5. The number of aliphatic hydroxyl groups is 1. The van der Waals surface area contributed by atoms with Gasteiger partial charge in [0, 0.05) is 26.2 Å². The molecule has 144 valence electrons. The van der Waals surface area contributed by atoms with Crippen LogP contribution >= 0.6 is 0 Å². The van der Waals surface area contributed by atoms with Crippen LogP contribution in [-0.4, -0.2) is 35.1 Å². The Morgan fingerprint density at radius 1 is 1.11 bits per heavy atom. The van der Waals surface area contributed by atoms with Gasteiger partial charge in [-0.2, -0.15) is 0 Å². The van der Waals surface area contributed by atoms with Gasteiger partial charge in [0.15, 0.2) is 0 Å². The van der Waals surface area contributed by atoms with Gasteiger partial charge in [0.1, 0.15) is 6.04 Å². The van der Waals surface area contributed by atoms with Gasteiger partial charge in [-0.1, -0.05) is 54.1 Å². The van der Waals surface area contributed by atoms with E-state index in [1.54, 1.807) is 0 Å². The summed E-state index contributed by atoms with van der Waals surface area (Å²) in [5.74, 6) is -0.171. The van der Waals surface area contributed by atoms with Gasteiger partial charge in [-0.15, -0.1) is 0 Å². The zero-order valence-electron chi connectivity index (χ0n) is 15.9. The van der Waals surface area contributed by atoms with Crippen LogP contribution in [0.1, 0.15) is 41.1 Å². The highest BCUT2D eigenvalue weighted by molar-refractivity contribution is 5.82. The van der Waals surface area contributed by atoms with E-state index in [9.17, 15) is 9.90 Å². The van der Waals surface area contributed by atoms with Gasteiger partial charge in [0.05, 0.1) is 6.10 Å². The van der Waals surface area contributed by atoms with Crippen molar-refractivity contribution in [1.29, 1.82) is 0 Å². The Morgan fingerprint density at radius 2 is 1.70 bits per heavy atom. The Morgan fingerprint density at radius 3 is 2.33 bits per heavy atom. The Hall–Kier alpha value is -2.21. The minimum absolute atomic E-state index is 0.140. The second-order valence-electron chi connectivity index (χ2n) is 7.43. The van der Waals surface area contributed by atoms with Crippen LogP contribution in [0.2, 0.25) is 0 Å². The van der Waals surface area contributed by atoms with E-state index >= 15 is 0 Å². The van der Waals surface area contributed by atoms with Crippen LogP contribution < -0.4 is 11.1 Å². The molecule has 1 heterocycles. The third kappa shape index (κ3) is 5.63. The van der Waals surface area contributed by atoms with Crippen molar-refractivity contribution in [3.63, 3.8) is 0 Å². The number of benzene rings is 2. The third-order valence-corrected chi connectivity index (χ3v) is 5.17. The minimum atomic E-state index is -0.653.